The molecule has 0 saturated carbocycles. The zero-order valence-corrected chi connectivity index (χ0v) is 19.8. The van der Waals surface area contributed by atoms with Crippen LogP contribution in [-0.2, 0) is 24.2 Å². The molecule has 1 saturated heterocycles. The molecule has 1 fully saturated rings. The van der Waals surface area contributed by atoms with Crippen LogP contribution in [-0.4, -0.2) is 37.9 Å². The fourth-order valence-corrected chi connectivity index (χ4v) is 5.43. The Bertz CT molecular complexity index is 1420. The maximum absolute atomic E-state index is 15.2. The Morgan fingerprint density at radius 1 is 1.14 bits per heavy atom. The van der Waals surface area contributed by atoms with Crippen molar-refractivity contribution in [2.75, 3.05) is 11.4 Å². The zero-order chi connectivity index (χ0) is 24.6. The molecule has 5 rings (SSSR count). The number of rotatable bonds is 7. The van der Waals surface area contributed by atoms with Crippen molar-refractivity contribution in [1.82, 2.24) is 19.5 Å². The molecule has 1 aliphatic rings. The van der Waals surface area contributed by atoms with Gasteiger partial charge < -0.3 is 4.90 Å². The Morgan fingerprint density at radius 3 is 2.66 bits per heavy atom. The summed E-state index contributed by atoms with van der Waals surface area (Å²) in [6, 6.07) is 13.7. The first kappa shape index (κ1) is 23.2. The van der Waals surface area contributed by atoms with E-state index in [0.29, 0.717) is 30.9 Å². The Morgan fingerprint density at radius 2 is 1.91 bits per heavy atom. The van der Waals surface area contributed by atoms with Gasteiger partial charge in [-0.25, -0.2) is 9.97 Å². The highest BCUT2D eigenvalue weighted by atomic mass is 32.1. The Hall–Kier alpha value is -3.53. The van der Waals surface area contributed by atoms with Crippen molar-refractivity contribution in [2.45, 2.75) is 37.6 Å². The minimum atomic E-state index is -3.56. The number of carbonyl (C=O) groups excluding carboxylic acids is 1. The van der Waals surface area contributed by atoms with E-state index in [4.69, 9.17) is 0 Å². The van der Waals surface area contributed by atoms with E-state index in [1.54, 1.807) is 0 Å². The van der Waals surface area contributed by atoms with Crippen LogP contribution in [0.3, 0.4) is 0 Å². The van der Waals surface area contributed by atoms with Gasteiger partial charge in [0.25, 0.3) is 5.56 Å². The minimum Gasteiger partial charge on any atom is -0.338 e. The average Bonchev–Trinajstić information content (AvgIpc) is 3.53. The van der Waals surface area contributed by atoms with Gasteiger partial charge in [-0.3, -0.25) is 19.1 Å². The standard InChI is InChI=1S/C25H23F2N5O2S/c1-31-22(34)20-21(30-23(31)25(26,27)19-11-5-6-14-28-19)35-24(29-20)32-15-7-10-17(32)18(33)13-12-16-8-3-2-4-9-16/h2-6,8-9,11,14,17H,7,10,12-13,15H2,1H3/t17-/m1/s1. The van der Waals surface area contributed by atoms with Crippen LogP contribution in [0.1, 0.15) is 36.3 Å². The van der Waals surface area contributed by atoms with E-state index < -0.39 is 23.0 Å². The molecule has 35 heavy (non-hydrogen) atoms. The molecule has 0 aliphatic carbocycles. The molecule has 0 unspecified atom stereocenters. The quantitative estimate of drug-likeness (QED) is 0.384. The van der Waals surface area contributed by atoms with E-state index in [0.717, 1.165) is 27.9 Å². The monoisotopic (exact) mass is 495 g/mol. The second kappa shape index (κ2) is 9.26. The largest absolute Gasteiger partial charge is 0.346 e. The van der Waals surface area contributed by atoms with Gasteiger partial charge in [-0.1, -0.05) is 47.7 Å². The number of aryl methyl sites for hydroxylation is 1. The first-order valence-corrected chi connectivity index (χ1v) is 12.2. The summed E-state index contributed by atoms with van der Waals surface area (Å²) in [6.45, 7) is 0.610. The summed E-state index contributed by atoms with van der Waals surface area (Å²) in [5, 5.41) is 0.457. The molecule has 1 aliphatic heterocycles. The third kappa shape index (κ3) is 4.34. The number of Topliss-reactive ketones (excluding diaryl/α,β-unsaturated/α-hetero) is 1. The molecule has 10 heteroatoms. The number of alkyl halides is 2. The fraction of sp³-hybridized carbons (Fsp3) is 0.320. The molecule has 4 aromatic rings. The van der Waals surface area contributed by atoms with E-state index >= 15 is 8.78 Å². The number of halogens is 2. The third-order valence-electron chi connectivity index (χ3n) is 6.27. The van der Waals surface area contributed by atoms with Crippen molar-refractivity contribution < 1.29 is 13.6 Å². The number of pyridine rings is 1. The molecule has 180 valence electrons. The number of fused-ring (bicyclic) bond motifs is 1. The lowest BCUT2D eigenvalue weighted by Gasteiger charge is -2.22. The second-order valence-electron chi connectivity index (χ2n) is 8.54. The van der Waals surface area contributed by atoms with Gasteiger partial charge in [-0.2, -0.15) is 8.78 Å². The SMILES string of the molecule is Cn1c(C(F)(F)c2ccccn2)nc2sc(N3CCC[C@@H]3C(=O)CCc3ccccc3)nc2c1=O. The maximum atomic E-state index is 15.2. The predicted molar refractivity (Wildman–Crippen MR) is 130 cm³/mol. The van der Waals surface area contributed by atoms with Crippen LogP contribution in [0, 0.1) is 0 Å². The fourth-order valence-electron chi connectivity index (χ4n) is 4.42. The zero-order valence-electron chi connectivity index (χ0n) is 19.0. The van der Waals surface area contributed by atoms with Gasteiger partial charge >= 0.3 is 5.92 Å². The van der Waals surface area contributed by atoms with E-state index in [2.05, 4.69) is 15.0 Å². The van der Waals surface area contributed by atoms with E-state index in [-0.39, 0.29) is 22.2 Å². The number of thiazole rings is 1. The molecule has 3 aromatic heterocycles. The summed E-state index contributed by atoms with van der Waals surface area (Å²) in [5.41, 5.74) is -0.0284. The molecule has 0 amide bonds. The van der Waals surface area contributed by atoms with Gasteiger partial charge in [0.1, 0.15) is 5.69 Å². The average molecular weight is 496 g/mol. The number of carbonyl (C=O) groups is 1. The maximum Gasteiger partial charge on any atom is 0.346 e. The lowest BCUT2D eigenvalue weighted by Crippen LogP contribution is -2.36. The van der Waals surface area contributed by atoms with E-state index in [1.807, 2.05) is 35.2 Å². The van der Waals surface area contributed by atoms with Crippen molar-refractivity contribution in [3.8, 4) is 0 Å². The highest BCUT2D eigenvalue weighted by Crippen LogP contribution is 2.36. The summed E-state index contributed by atoms with van der Waals surface area (Å²) in [7, 11) is 1.26. The summed E-state index contributed by atoms with van der Waals surface area (Å²) < 4.78 is 31.2. The summed E-state index contributed by atoms with van der Waals surface area (Å²) >= 11 is 1.06. The third-order valence-corrected chi connectivity index (χ3v) is 7.26. The molecule has 0 bridgehead atoms. The van der Waals surface area contributed by atoms with E-state index in [1.165, 1.54) is 31.4 Å². The van der Waals surface area contributed by atoms with Crippen LogP contribution in [0.5, 0.6) is 0 Å². The van der Waals surface area contributed by atoms with Crippen molar-refractivity contribution in [3.05, 3.63) is 82.2 Å². The molecule has 4 heterocycles. The molecule has 1 atom stereocenters. The first-order valence-electron chi connectivity index (χ1n) is 11.4. The lowest BCUT2D eigenvalue weighted by atomic mass is 10.0. The van der Waals surface area contributed by atoms with Gasteiger partial charge in [0.05, 0.1) is 6.04 Å². The van der Waals surface area contributed by atoms with Crippen molar-refractivity contribution in [2.24, 2.45) is 7.05 Å². The van der Waals surface area contributed by atoms with Crippen LogP contribution in [0.4, 0.5) is 13.9 Å². The molecular formula is C25H23F2N5O2S. The number of benzene rings is 1. The van der Waals surface area contributed by atoms with Gasteiger partial charge in [0.2, 0.25) is 0 Å². The van der Waals surface area contributed by atoms with Crippen LogP contribution in [0.25, 0.3) is 10.3 Å². The number of hydrogen-bond donors (Lipinski definition) is 0. The van der Waals surface area contributed by atoms with Crippen LogP contribution in [0.15, 0.2) is 59.5 Å². The lowest BCUT2D eigenvalue weighted by molar-refractivity contribution is -0.120. The summed E-state index contributed by atoms with van der Waals surface area (Å²) in [5.74, 6) is -4.15. The summed E-state index contributed by atoms with van der Waals surface area (Å²) in [6.07, 6.45) is 3.82. The number of nitrogens with zero attached hydrogens (tertiary/aromatic N) is 5. The molecule has 7 nitrogen and oxygen atoms in total. The van der Waals surface area contributed by atoms with Gasteiger partial charge in [0, 0.05) is 26.2 Å². The molecule has 0 N–H and O–H groups in total. The van der Waals surface area contributed by atoms with Crippen LogP contribution < -0.4 is 10.5 Å². The Labute approximate surface area is 204 Å². The number of aromatic nitrogens is 4. The number of ketones is 1. The number of hydrogen-bond acceptors (Lipinski definition) is 7. The van der Waals surface area contributed by atoms with Crippen LogP contribution in [0.2, 0.25) is 0 Å². The Kier molecular flexibility index (Phi) is 6.14. The van der Waals surface area contributed by atoms with Crippen LogP contribution >= 0.6 is 11.3 Å². The minimum absolute atomic E-state index is 0.0236. The molecular weight excluding hydrogens is 472 g/mol. The predicted octanol–water partition coefficient (Wildman–Crippen LogP) is 4.10. The molecule has 0 spiro atoms. The highest BCUT2D eigenvalue weighted by Gasteiger charge is 2.41. The van der Waals surface area contributed by atoms with Crippen molar-refractivity contribution in [3.63, 3.8) is 0 Å². The first-order chi connectivity index (χ1) is 16.9. The van der Waals surface area contributed by atoms with Gasteiger partial charge in [-0.05, 0) is 37.0 Å². The summed E-state index contributed by atoms with van der Waals surface area (Å²) in [4.78, 5) is 40.3. The second-order valence-corrected chi connectivity index (χ2v) is 9.50. The smallest absolute Gasteiger partial charge is 0.338 e. The normalized spacial score (nSPS) is 16.2. The van der Waals surface area contributed by atoms with E-state index in [9.17, 15) is 9.59 Å². The van der Waals surface area contributed by atoms with Gasteiger partial charge in [-0.15, -0.1) is 0 Å². The highest BCUT2D eigenvalue weighted by molar-refractivity contribution is 7.21. The topological polar surface area (TPSA) is 81.0 Å². The van der Waals surface area contributed by atoms with Gasteiger partial charge in [0.15, 0.2) is 27.1 Å². The molecule has 0 radical (unpaired) electrons. The number of anilines is 1. The van der Waals surface area contributed by atoms with Crippen molar-refractivity contribution >= 4 is 32.6 Å². The molecule has 1 aromatic carbocycles. The van der Waals surface area contributed by atoms with Crippen molar-refractivity contribution in [1.29, 1.82) is 0 Å². The Balaban J connectivity index is 1.44.